The molecule has 6 nitrogen and oxygen atoms in total. The van der Waals surface area contributed by atoms with Crippen LogP contribution in [0.2, 0.25) is 0 Å². The molecule has 0 spiro atoms. The van der Waals surface area contributed by atoms with E-state index in [1.54, 1.807) is 22.7 Å². The Morgan fingerprint density at radius 2 is 0.517 bits per heavy atom. The summed E-state index contributed by atoms with van der Waals surface area (Å²) in [4.78, 5) is 33.3. The van der Waals surface area contributed by atoms with Crippen molar-refractivity contribution >= 4 is 117 Å². The summed E-state index contributed by atoms with van der Waals surface area (Å²) in [6.45, 7) is 0. The quantitative estimate of drug-likeness (QED) is 0.107. The van der Waals surface area contributed by atoms with E-state index in [4.69, 9.17) is 29.9 Å². The van der Waals surface area contributed by atoms with Crippen molar-refractivity contribution in [1.82, 2.24) is 29.9 Å². The molecular formula is C110H66N6S2. The predicted molar refractivity (Wildman–Crippen MR) is 497 cm³/mol. The van der Waals surface area contributed by atoms with Crippen LogP contribution in [0.1, 0.15) is 0 Å². The van der Waals surface area contributed by atoms with Crippen LogP contribution in [0.3, 0.4) is 0 Å². The molecule has 8 heteroatoms. The van der Waals surface area contributed by atoms with E-state index in [9.17, 15) is 0 Å². The Morgan fingerprint density at radius 3 is 1.10 bits per heavy atom. The van der Waals surface area contributed by atoms with Crippen LogP contribution in [-0.4, -0.2) is 29.9 Å². The zero-order valence-corrected chi connectivity index (χ0v) is 65.2. The van der Waals surface area contributed by atoms with E-state index >= 15 is 0 Å². The highest BCUT2D eigenvalue weighted by Gasteiger charge is 2.28. The fraction of sp³-hybridized carbons (Fsp3) is 0. The number of hydrogen-bond donors (Lipinski definition) is 0. The molecule has 0 bridgehead atoms. The summed E-state index contributed by atoms with van der Waals surface area (Å²) in [6, 6.07) is 144. The smallest absolute Gasteiger partial charge is 0.165 e. The normalized spacial score (nSPS) is 11.7. The Hall–Kier alpha value is -15.1. The molecule has 0 atom stereocenters. The van der Waals surface area contributed by atoms with Crippen molar-refractivity contribution in [3.8, 4) is 146 Å². The van der Waals surface area contributed by atoms with Crippen molar-refractivity contribution in [3.63, 3.8) is 0 Å². The van der Waals surface area contributed by atoms with Crippen molar-refractivity contribution in [3.05, 3.63) is 400 Å². The van der Waals surface area contributed by atoms with Crippen LogP contribution < -0.4 is 0 Å². The van der Waals surface area contributed by atoms with E-state index < -0.39 is 0 Å². The Labute approximate surface area is 688 Å². The summed E-state index contributed by atoms with van der Waals surface area (Å²) in [5.74, 6) is 3.68. The Balaban J connectivity index is 0.634. The maximum Gasteiger partial charge on any atom is 0.165 e. The fourth-order valence-electron chi connectivity index (χ4n) is 18.1. The highest BCUT2D eigenvalue weighted by Crippen LogP contribution is 2.52. The largest absolute Gasteiger partial charge is 0.208 e. The summed E-state index contributed by atoms with van der Waals surface area (Å²) in [5, 5.41) is 15.9. The van der Waals surface area contributed by atoms with Crippen LogP contribution in [0.5, 0.6) is 0 Å². The van der Waals surface area contributed by atoms with Gasteiger partial charge < -0.3 is 0 Å². The third-order valence-electron chi connectivity index (χ3n) is 23.4. The van der Waals surface area contributed by atoms with Crippen LogP contribution in [0.15, 0.2) is 400 Å². The van der Waals surface area contributed by atoms with Gasteiger partial charge in [0, 0.05) is 73.7 Å². The van der Waals surface area contributed by atoms with Crippen molar-refractivity contribution in [2.24, 2.45) is 0 Å². The van der Waals surface area contributed by atoms with Gasteiger partial charge in [0.05, 0.1) is 0 Å². The second-order valence-electron chi connectivity index (χ2n) is 30.1. The molecule has 0 saturated heterocycles. The molecule has 0 aliphatic heterocycles. The predicted octanol–water partition coefficient (Wildman–Crippen LogP) is 30.2. The van der Waals surface area contributed by atoms with E-state index in [1.807, 2.05) is 12.1 Å². The molecular weight excluding hydrogens is 1470 g/mol. The van der Waals surface area contributed by atoms with Gasteiger partial charge in [-0.2, -0.15) is 0 Å². The number of aromatic nitrogens is 6. The Bertz CT molecular complexity index is 7940. The minimum atomic E-state index is 0.600. The van der Waals surface area contributed by atoms with Gasteiger partial charge in [-0.15, -0.1) is 22.7 Å². The van der Waals surface area contributed by atoms with Crippen molar-refractivity contribution in [2.75, 3.05) is 0 Å². The molecule has 23 rings (SSSR count). The molecule has 0 N–H and O–H groups in total. The van der Waals surface area contributed by atoms with E-state index in [-0.39, 0.29) is 0 Å². The van der Waals surface area contributed by atoms with Gasteiger partial charge >= 0.3 is 0 Å². The molecule has 0 saturated carbocycles. The van der Waals surface area contributed by atoms with Crippen LogP contribution in [0.25, 0.3) is 240 Å². The number of thiophene rings is 2. The molecule has 23 aromatic rings. The SMILES string of the molecule is c1ccc(-c2nc(-c3c(-c4c5ccccc5c(-c5ccc(-c6cccc(-c7cccc8sc9c(-c%10nc(-c%11ccccc%11)nc(-c%11c(-c%12c(-c%13ccccc%13-c%13ccccc%13)ccc%13ccccc%12%13)ccc%12ccccc%11%12)n%10)cccc9c78)c6)cc5)c5ccccc45)ccc4ccccc34)nc(-c3cccc4c3sc3ccccc34)n2)cc1. The van der Waals surface area contributed by atoms with Crippen LogP contribution in [-0.2, 0) is 0 Å². The first-order valence-corrected chi connectivity index (χ1v) is 41.5. The minimum absolute atomic E-state index is 0.600. The highest BCUT2D eigenvalue weighted by molar-refractivity contribution is 7.26. The summed E-state index contributed by atoms with van der Waals surface area (Å²) in [6.07, 6.45) is 0. The monoisotopic (exact) mass is 1530 g/mol. The van der Waals surface area contributed by atoms with E-state index in [0.717, 1.165) is 174 Å². The average molecular weight is 1540 g/mol. The first-order valence-electron chi connectivity index (χ1n) is 39.9. The topological polar surface area (TPSA) is 77.3 Å². The standard InChI is InChI=1S/C110H66N6S2/c1-4-28-68(29-5-1)77-39-16-17-43-82(77)88-63-60-69-30-10-13-40-78(69)98(88)90-64-61-70-31-11-14-41-79(70)101(90)109-113-106(74-35-8-3-9-36-74)112-108(116-109)94-53-26-51-92-100-81(49-27-55-96(100)118-104(92)94)76-38-24-37-75(66-76)67-56-58-72(59-57-67)97-84-45-18-20-47-86(84)99(87-48-21-19-46-85(87)97)91-65-62-71-32-12-15-42-80(71)102(91)110-114-105(73-33-6-2-7-34-73)111-107(115-110)93-52-25-50-89-83-44-22-23-54-95(83)117-103(89)93/h1-66H. The molecule has 0 amide bonds. The van der Waals surface area contributed by atoms with E-state index in [2.05, 4.69) is 388 Å². The molecule has 19 aromatic carbocycles. The molecule has 0 fully saturated rings. The summed E-state index contributed by atoms with van der Waals surface area (Å²) in [7, 11) is 0. The van der Waals surface area contributed by atoms with Crippen LogP contribution in [0.4, 0.5) is 0 Å². The van der Waals surface area contributed by atoms with Gasteiger partial charge in [-0.1, -0.05) is 370 Å². The lowest BCUT2D eigenvalue weighted by Crippen LogP contribution is -2.02. The second kappa shape index (κ2) is 28.5. The molecule has 4 heterocycles. The first-order chi connectivity index (χ1) is 58.5. The molecule has 0 unspecified atom stereocenters. The lowest BCUT2D eigenvalue weighted by molar-refractivity contribution is 1.08. The summed E-state index contributed by atoms with van der Waals surface area (Å²) < 4.78 is 4.67. The lowest BCUT2D eigenvalue weighted by atomic mass is 9.83. The van der Waals surface area contributed by atoms with Gasteiger partial charge in [-0.3, -0.25) is 0 Å². The van der Waals surface area contributed by atoms with Crippen molar-refractivity contribution < 1.29 is 0 Å². The molecule has 0 radical (unpaired) electrons. The van der Waals surface area contributed by atoms with E-state index in [1.165, 1.54) is 31.1 Å². The second-order valence-corrected chi connectivity index (χ2v) is 32.2. The van der Waals surface area contributed by atoms with Crippen molar-refractivity contribution in [2.45, 2.75) is 0 Å². The highest BCUT2D eigenvalue weighted by atomic mass is 32.1. The molecule has 0 aliphatic carbocycles. The van der Waals surface area contributed by atoms with Gasteiger partial charge in [0.1, 0.15) is 0 Å². The number of hydrogen-bond acceptors (Lipinski definition) is 8. The summed E-state index contributed by atoms with van der Waals surface area (Å²) in [5.41, 5.74) is 21.4. The summed E-state index contributed by atoms with van der Waals surface area (Å²) >= 11 is 3.58. The van der Waals surface area contributed by atoms with Gasteiger partial charge in [0.15, 0.2) is 34.9 Å². The number of benzene rings is 19. The maximum absolute atomic E-state index is 5.73. The average Bonchev–Trinajstić information content (AvgIpc) is 0.909. The Kier molecular flexibility index (Phi) is 16.5. The van der Waals surface area contributed by atoms with Crippen LogP contribution >= 0.6 is 22.7 Å². The molecule has 0 aliphatic rings. The number of nitrogens with zero attached hydrogens (tertiary/aromatic N) is 6. The zero-order chi connectivity index (χ0) is 77.7. The number of fused-ring (bicyclic) bond motifs is 11. The number of rotatable bonds is 13. The molecule has 118 heavy (non-hydrogen) atoms. The maximum atomic E-state index is 5.73. The lowest BCUT2D eigenvalue weighted by Gasteiger charge is -2.21. The first kappa shape index (κ1) is 68.5. The van der Waals surface area contributed by atoms with Gasteiger partial charge in [-0.25, -0.2) is 29.9 Å². The third kappa shape index (κ3) is 11.6. The van der Waals surface area contributed by atoms with Crippen molar-refractivity contribution in [1.29, 1.82) is 0 Å². The molecule has 548 valence electrons. The fourth-order valence-corrected chi connectivity index (χ4v) is 20.5. The third-order valence-corrected chi connectivity index (χ3v) is 25.9. The van der Waals surface area contributed by atoms with Gasteiger partial charge in [-0.05, 0) is 162 Å². The zero-order valence-electron chi connectivity index (χ0n) is 63.6. The van der Waals surface area contributed by atoms with Gasteiger partial charge in [0.2, 0.25) is 0 Å². The molecule has 4 aromatic heterocycles. The van der Waals surface area contributed by atoms with E-state index in [0.29, 0.717) is 34.9 Å². The Morgan fingerprint density at radius 1 is 0.153 bits per heavy atom. The van der Waals surface area contributed by atoms with Gasteiger partial charge in [0.25, 0.3) is 0 Å². The minimum Gasteiger partial charge on any atom is -0.208 e. The van der Waals surface area contributed by atoms with Crippen LogP contribution in [0, 0.1) is 0 Å².